The summed E-state index contributed by atoms with van der Waals surface area (Å²) in [7, 11) is 0. The Kier molecular flexibility index (Phi) is 3.03. The van der Waals surface area contributed by atoms with E-state index in [1.165, 1.54) is 6.07 Å². The average Bonchev–Trinajstić information content (AvgIpc) is 2.47. The van der Waals surface area contributed by atoms with Crippen molar-refractivity contribution in [1.82, 2.24) is 0 Å². The van der Waals surface area contributed by atoms with E-state index >= 15 is 0 Å². The molecular weight excluding hydrogens is 249 g/mol. The third-order valence-electron chi connectivity index (χ3n) is 3.78. The molecule has 0 fully saturated rings. The number of nitrogens with two attached hydrogens (primary N) is 1. The van der Waals surface area contributed by atoms with Gasteiger partial charge in [-0.05, 0) is 29.3 Å². The van der Waals surface area contributed by atoms with Gasteiger partial charge in [0.05, 0.1) is 5.54 Å². The van der Waals surface area contributed by atoms with E-state index in [1.54, 1.807) is 12.1 Å². The molecule has 3 aromatic rings. The average molecular weight is 265 g/mol. The third-order valence-corrected chi connectivity index (χ3v) is 3.78. The molecule has 0 saturated carbocycles. The standard InChI is InChI=1S/C18H16FN/c1-18(20,16-10-4-5-12-17(16)19)15-11-6-8-13-7-2-3-9-14(13)15/h2-12H,20H2,1H3. The van der Waals surface area contributed by atoms with E-state index in [2.05, 4.69) is 0 Å². The van der Waals surface area contributed by atoms with Crippen LogP contribution in [0.1, 0.15) is 18.1 Å². The van der Waals surface area contributed by atoms with Crippen molar-refractivity contribution in [2.75, 3.05) is 0 Å². The normalized spacial score (nSPS) is 14.2. The molecule has 0 spiro atoms. The first-order valence-electron chi connectivity index (χ1n) is 6.63. The minimum Gasteiger partial charge on any atom is -0.318 e. The predicted molar refractivity (Wildman–Crippen MR) is 81.0 cm³/mol. The van der Waals surface area contributed by atoms with Gasteiger partial charge in [0.25, 0.3) is 0 Å². The molecule has 3 rings (SSSR count). The van der Waals surface area contributed by atoms with Crippen molar-refractivity contribution in [2.45, 2.75) is 12.5 Å². The second-order valence-electron chi connectivity index (χ2n) is 5.21. The SMILES string of the molecule is CC(N)(c1ccccc1F)c1cccc2ccccc12. The highest BCUT2D eigenvalue weighted by Gasteiger charge is 2.28. The minimum absolute atomic E-state index is 0.273. The Morgan fingerprint density at radius 2 is 1.40 bits per heavy atom. The second-order valence-corrected chi connectivity index (χ2v) is 5.21. The molecule has 0 radical (unpaired) electrons. The van der Waals surface area contributed by atoms with Crippen LogP contribution in [0.15, 0.2) is 66.7 Å². The molecule has 0 aliphatic rings. The summed E-state index contributed by atoms with van der Waals surface area (Å²) in [5.41, 5.74) is 7.06. The predicted octanol–water partition coefficient (Wildman–Crippen LogP) is 4.20. The highest BCUT2D eigenvalue weighted by molar-refractivity contribution is 5.87. The van der Waals surface area contributed by atoms with Crippen molar-refractivity contribution >= 4 is 10.8 Å². The van der Waals surface area contributed by atoms with Gasteiger partial charge in [0.1, 0.15) is 5.82 Å². The Bertz CT molecular complexity index is 757. The maximum absolute atomic E-state index is 14.1. The lowest BCUT2D eigenvalue weighted by Gasteiger charge is -2.27. The first kappa shape index (κ1) is 12.8. The Morgan fingerprint density at radius 3 is 2.20 bits per heavy atom. The maximum Gasteiger partial charge on any atom is 0.128 e. The molecule has 0 bridgehead atoms. The van der Waals surface area contributed by atoms with Crippen LogP contribution in [-0.2, 0) is 5.54 Å². The van der Waals surface area contributed by atoms with Crippen molar-refractivity contribution in [3.8, 4) is 0 Å². The number of halogens is 1. The first-order valence-corrected chi connectivity index (χ1v) is 6.63. The van der Waals surface area contributed by atoms with Crippen LogP contribution in [0.5, 0.6) is 0 Å². The van der Waals surface area contributed by atoms with Crippen LogP contribution >= 0.6 is 0 Å². The van der Waals surface area contributed by atoms with Crippen LogP contribution in [0, 0.1) is 5.82 Å². The van der Waals surface area contributed by atoms with Gasteiger partial charge in [-0.15, -0.1) is 0 Å². The quantitative estimate of drug-likeness (QED) is 0.738. The van der Waals surface area contributed by atoms with E-state index in [0.717, 1.165) is 16.3 Å². The lowest BCUT2D eigenvalue weighted by molar-refractivity contribution is 0.533. The summed E-state index contributed by atoms with van der Waals surface area (Å²) >= 11 is 0. The zero-order valence-corrected chi connectivity index (χ0v) is 11.3. The highest BCUT2D eigenvalue weighted by Crippen LogP contribution is 2.33. The van der Waals surface area contributed by atoms with Crippen LogP contribution in [0.2, 0.25) is 0 Å². The summed E-state index contributed by atoms with van der Waals surface area (Å²) in [6.45, 7) is 1.85. The lowest BCUT2D eigenvalue weighted by Crippen LogP contribution is -2.35. The summed E-state index contributed by atoms with van der Waals surface area (Å²) in [6.07, 6.45) is 0. The maximum atomic E-state index is 14.1. The first-order chi connectivity index (χ1) is 9.60. The molecule has 0 saturated heterocycles. The molecule has 1 unspecified atom stereocenters. The Morgan fingerprint density at radius 1 is 0.800 bits per heavy atom. The van der Waals surface area contributed by atoms with Gasteiger partial charge < -0.3 is 5.73 Å². The zero-order chi connectivity index (χ0) is 14.2. The molecule has 0 aromatic heterocycles. The molecule has 1 atom stereocenters. The Hall–Kier alpha value is -2.19. The summed E-state index contributed by atoms with van der Waals surface area (Å²) in [4.78, 5) is 0. The largest absolute Gasteiger partial charge is 0.318 e. The van der Waals surface area contributed by atoms with Crippen LogP contribution in [0.3, 0.4) is 0 Å². The zero-order valence-electron chi connectivity index (χ0n) is 11.3. The van der Waals surface area contributed by atoms with Gasteiger partial charge in [0.15, 0.2) is 0 Å². The van der Waals surface area contributed by atoms with Crippen molar-refractivity contribution in [3.63, 3.8) is 0 Å². The molecule has 0 aliphatic heterocycles. The molecule has 0 amide bonds. The van der Waals surface area contributed by atoms with Crippen molar-refractivity contribution < 1.29 is 4.39 Å². The molecule has 2 heteroatoms. The molecule has 1 nitrogen and oxygen atoms in total. The van der Waals surface area contributed by atoms with E-state index < -0.39 is 5.54 Å². The van der Waals surface area contributed by atoms with E-state index in [4.69, 9.17) is 5.73 Å². The second kappa shape index (κ2) is 4.73. The fraction of sp³-hybridized carbons (Fsp3) is 0.111. The number of rotatable bonds is 2. The van der Waals surface area contributed by atoms with E-state index in [0.29, 0.717) is 5.56 Å². The summed E-state index contributed by atoms with van der Waals surface area (Å²) in [6, 6.07) is 20.7. The van der Waals surface area contributed by atoms with Crippen LogP contribution in [-0.4, -0.2) is 0 Å². The number of hydrogen-bond donors (Lipinski definition) is 1. The number of hydrogen-bond acceptors (Lipinski definition) is 1. The van der Waals surface area contributed by atoms with Gasteiger partial charge in [-0.1, -0.05) is 60.7 Å². The number of fused-ring (bicyclic) bond motifs is 1. The summed E-state index contributed by atoms with van der Waals surface area (Å²) < 4.78 is 14.1. The molecule has 20 heavy (non-hydrogen) atoms. The van der Waals surface area contributed by atoms with Gasteiger partial charge in [-0.3, -0.25) is 0 Å². The van der Waals surface area contributed by atoms with Crippen molar-refractivity contribution in [1.29, 1.82) is 0 Å². The van der Waals surface area contributed by atoms with E-state index in [1.807, 2.05) is 55.5 Å². The molecule has 0 heterocycles. The molecule has 3 aromatic carbocycles. The Labute approximate surface area is 117 Å². The van der Waals surface area contributed by atoms with Gasteiger partial charge in [-0.25, -0.2) is 4.39 Å². The topological polar surface area (TPSA) is 26.0 Å². The number of benzene rings is 3. The van der Waals surface area contributed by atoms with Gasteiger partial charge in [0, 0.05) is 5.56 Å². The summed E-state index contributed by atoms with van der Waals surface area (Å²) in [5.74, 6) is -0.273. The van der Waals surface area contributed by atoms with Gasteiger partial charge >= 0.3 is 0 Å². The monoisotopic (exact) mass is 265 g/mol. The van der Waals surface area contributed by atoms with Crippen LogP contribution in [0.25, 0.3) is 10.8 Å². The van der Waals surface area contributed by atoms with E-state index in [9.17, 15) is 4.39 Å². The Balaban J connectivity index is 2.27. The van der Waals surface area contributed by atoms with Crippen molar-refractivity contribution in [3.05, 3.63) is 83.7 Å². The summed E-state index contributed by atoms with van der Waals surface area (Å²) in [5, 5.41) is 2.17. The molecule has 100 valence electrons. The lowest BCUT2D eigenvalue weighted by atomic mass is 9.82. The fourth-order valence-electron chi connectivity index (χ4n) is 2.71. The highest BCUT2D eigenvalue weighted by atomic mass is 19.1. The minimum atomic E-state index is -0.869. The van der Waals surface area contributed by atoms with Gasteiger partial charge in [-0.2, -0.15) is 0 Å². The molecule has 2 N–H and O–H groups in total. The van der Waals surface area contributed by atoms with Crippen LogP contribution in [0.4, 0.5) is 4.39 Å². The molecule has 0 aliphatic carbocycles. The fourth-order valence-corrected chi connectivity index (χ4v) is 2.71. The van der Waals surface area contributed by atoms with Crippen LogP contribution < -0.4 is 5.73 Å². The van der Waals surface area contributed by atoms with E-state index in [-0.39, 0.29) is 5.82 Å². The third kappa shape index (κ3) is 1.98. The van der Waals surface area contributed by atoms with Crippen molar-refractivity contribution in [2.24, 2.45) is 5.73 Å². The smallest absolute Gasteiger partial charge is 0.128 e. The molecular formula is C18H16FN. The van der Waals surface area contributed by atoms with Gasteiger partial charge in [0.2, 0.25) is 0 Å².